The third-order valence-corrected chi connectivity index (χ3v) is 6.98. The van der Waals surface area contributed by atoms with E-state index in [4.69, 9.17) is 11.6 Å². The average molecular weight is 499 g/mol. The van der Waals surface area contributed by atoms with Gasteiger partial charge in [0.1, 0.15) is 0 Å². The number of nitrogens with zero attached hydrogens (tertiary/aromatic N) is 2. The largest absolute Gasteiger partial charge is 0.361 e. The first-order valence-corrected chi connectivity index (χ1v) is 12.4. The van der Waals surface area contributed by atoms with E-state index in [1.807, 2.05) is 67.7 Å². The first-order valence-electron chi connectivity index (χ1n) is 12.0. The normalized spacial score (nSPS) is 12.2. The summed E-state index contributed by atoms with van der Waals surface area (Å²) in [5.74, 6) is -0.168. The fraction of sp³-hybridized carbons (Fsp3) is 0.207. The van der Waals surface area contributed by atoms with Crippen LogP contribution in [0.3, 0.4) is 0 Å². The van der Waals surface area contributed by atoms with Gasteiger partial charge in [-0.2, -0.15) is 0 Å². The molecule has 5 rings (SSSR count). The van der Waals surface area contributed by atoms with E-state index in [2.05, 4.69) is 21.4 Å². The summed E-state index contributed by atoms with van der Waals surface area (Å²) in [4.78, 5) is 33.3. The van der Waals surface area contributed by atoms with Crippen LogP contribution in [0.1, 0.15) is 35.4 Å². The Bertz CT molecular complexity index is 1600. The third-order valence-electron chi connectivity index (χ3n) is 6.64. The van der Waals surface area contributed by atoms with Gasteiger partial charge in [0.2, 0.25) is 5.91 Å². The first-order chi connectivity index (χ1) is 17.5. The van der Waals surface area contributed by atoms with E-state index in [0.29, 0.717) is 36.3 Å². The van der Waals surface area contributed by atoms with Crippen LogP contribution in [0.2, 0.25) is 5.02 Å². The Kier molecular flexibility index (Phi) is 6.87. The number of fused-ring (bicyclic) bond motifs is 2. The monoisotopic (exact) mass is 498 g/mol. The summed E-state index contributed by atoms with van der Waals surface area (Å²) in [5.41, 5.74) is 4.71. The molecule has 0 aliphatic rings. The van der Waals surface area contributed by atoms with Gasteiger partial charge in [-0.3, -0.25) is 14.2 Å². The summed E-state index contributed by atoms with van der Waals surface area (Å²) in [7, 11) is 0. The Labute approximate surface area is 213 Å². The highest BCUT2D eigenvalue weighted by Crippen LogP contribution is 2.34. The lowest BCUT2D eigenvalue weighted by Gasteiger charge is -2.19. The van der Waals surface area contributed by atoms with Crippen LogP contribution < -0.4 is 10.9 Å². The van der Waals surface area contributed by atoms with Gasteiger partial charge in [0.25, 0.3) is 5.56 Å². The van der Waals surface area contributed by atoms with Gasteiger partial charge in [-0.05, 0) is 48.2 Å². The molecular weight excluding hydrogens is 472 g/mol. The van der Waals surface area contributed by atoms with Gasteiger partial charge >= 0.3 is 0 Å². The molecule has 2 heterocycles. The molecule has 3 aromatic carbocycles. The Hall–Kier alpha value is -3.90. The van der Waals surface area contributed by atoms with Crippen LogP contribution >= 0.6 is 11.6 Å². The second kappa shape index (κ2) is 10.4. The maximum Gasteiger partial charge on any atom is 0.261 e. The number of amides is 1. The predicted molar refractivity (Wildman–Crippen MR) is 145 cm³/mol. The molecule has 0 aliphatic heterocycles. The smallest absolute Gasteiger partial charge is 0.261 e. The highest BCUT2D eigenvalue weighted by Gasteiger charge is 2.21. The van der Waals surface area contributed by atoms with Crippen LogP contribution in [0.4, 0.5) is 0 Å². The summed E-state index contributed by atoms with van der Waals surface area (Å²) in [6, 6.07) is 21.4. The van der Waals surface area contributed by atoms with Crippen molar-refractivity contribution in [2.45, 2.75) is 32.2 Å². The Morgan fingerprint density at radius 2 is 1.81 bits per heavy atom. The van der Waals surface area contributed by atoms with Gasteiger partial charge in [0.15, 0.2) is 0 Å². The van der Waals surface area contributed by atoms with Gasteiger partial charge in [-0.15, -0.1) is 0 Å². The number of aryl methyl sites for hydroxylation is 2. The fourth-order valence-corrected chi connectivity index (χ4v) is 5.01. The van der Waals surface area contributed by atoms with Crippen LogP contribution in [0.15, 0.2) is 84.0 Å². The third kappa shape index (κ3) is 4.77. The van der Waals surface area contributed by atoms with E-state index in [9.17, 15) is 9.59 Å². The molecule has 6 nitrogen and oxygen atoms in total. The molecule has 0 radical (unpaired) electrons. The number of rotatable bonds is 8. The van der Waals surface area contributed by atoms with E-state index in [1.165, 1.54) is 0 Å². The molecule has 0 spiro atoms. The van der Waals surface area contributed by atoms with Crippen LogP contribution in [-0.4, -0.2) is 27.0 Å². The molecule has 0 bridgehead atoms. The van der Waals surface area contributed by atoms with Crippen molar-refractivity contribution in [3.8, 4) is 0 Å². The Balaban J connectivity index is 1.27. The highest BCUT2D eigenvalue weighted by atomic mass is 35.5. The molecule has 2 N–H and O–H groups in total. The van der Waals surface area contributed by atoms with Crippen molar-refractivity contribution in [2.75, 3.05) is 6.54 Å². The summed E-state index contributed by atoms with van der Waals surface area (Å²) in [6.07, 6.45) is 4.40. The molecule has 36 heavy (non-hydrogen) atoms. The fourth-order valence-electron chi connectivity index (χ4n) is 4.74. The number of carbonyl (C=O) groups is 1. The molecule has 1 amide bonds. The van der Waals surface area contributed by atoms with E-state index in [0.717, 1.165) is 33.1 Å². The van der Waals surface area contributed by atoms with E-state index in [1.54, 1.807) is 17.0 Å². The maximum absolute atomic E-state index is 12.8. The summed E-state index contributed by atoms with van der Waals surface area (Å²) in [5, 5.41) is 5.46. The zero-order chi connectivity index (χ0) is 25.1. The number of hydrogen-bond donors (Lipinski definition) is 2. The van der Waals surface area contributed by atoms with Crippen LogP contribution in [0.5, 0.6) is 0 Å². The summed E-state index contributed by atoms with van der Waals surface area (Å²) < 4.78 is 1.58. The van der Waals surface area contributed by atoms with Crippen LogP contribution in [0.25, 0.3) is 21.8 Å². The molecule has 7 heteroatoms. The standard InChI is InChI=1S/C29H27ClN4O2/c1-19-8-6-11-22-28(19)33-18-34(29(22)36)15-7-14-27(35)32-17-23(20-9-2-4-12-25(20)30)24-16-31-26-13-5-3-10-21(24)26/h2-6,8-13,16,18,23,31H,7,14-15,17H2,1H3,(H,32,35). The number of H-pyrrole nitrogens is 1. The Morgan fingerprint density at radius 3 is 2.67 bits per heavy atom. The number of aromatic nitrogens is 3. The lowest BCUT2D eigenvalue weighted by atomic mass is 9.90. The number of nitrogens with one attached hydrogen (secondary N) is 2. The zero-order valence-electron chi connectivity index (χ0n) is 20.0. The van der Waals surface area contributed by atoms with Gasteiger partial charge < -0.3 is 10.3 Å². The molecule has 182 valence electrons. The molecule has 0 fully saturated rings. The van der Waals surface area contributed by atoms with Crippen molar-refractivity contribution in [3.05, 3.63) is 111 Å². The second-order valence-corrected chi connectivity index (χ2v) is 9.39. The number of carbonyl (C=O) groups excluding carboxylic acids is 1. The molecular formula is C29H27ClN4O2. The Morgan fingerprint density at radius 1 is 1.03 bits per heavy atom. The zero-order valence-corrected chi connectivity index (χ0v) is 20.8. The van der Waals surface area contributed by atoms with Gasteiger partial charge in [-0.1, -0.05) is 60.1 Å². The number of para-hydroxylation sites is 2. The van der Waals surface area contributed by atoms with Crippen molar-refractivity contribution in [2.24, 2.45) is 0 Å². The second-order valence-electron chi connectivity index (χ2n) is 8.99. The number of aromatic amines is 1. The van der Waals surface area contributed by atoms with E-state index < -0.39 is 0 Å². The summed E-state index contributed by atoms with van der Waals surface area (Å²) >= 11 is 6.56. The van der Waals surface area contributed by atoms with Gasteiger partial charge in [-0.25, -0.2) is 4.98 Å². The quantitative estimate of drug-likeness (QED) is 0.293. The highest BCUT2D eigenvalue weighted by molar-refractivity contribution is 6.31. The lowest BCUT2D eigenvalue weighted by molar-refractivity contribution is -0.121. The van der Waals surface area contributed by atoms with Crippen LogP contribution in [0, 0.1) is 6.92 Å². The topological polar surface area (TPSA) is 79.8 Å². The van der Waals surface area contributed by atoms with Crippen molar-refractivity contribution >= 4 is 39.3 Å². The molecule has 2 aromatic heterocycles. The van der Waals surface area contributed by atoms with Crippen molar-refractivity contribution in [3.63, 3.8) is 0 Å². The van der Waals surface area contributed by atoms with Crippen molar-refractivity contribution < 1.29 is 4.79 Å². The SMILES string of the molecule is Cc1cccc2c(=O)n(CCCC(=O)NCC(c3ccccc3Cl)c3c[nH]c4ccccc34)cnc12. The average Bonchev–Trinajstić information content (AvgIpc) is 3.31. The van der Waals surface area contributed by atoms with Gasteiger partial charge in [0.05, 0.1) is 17.2 Å². The number of benzene rings is 3. The minimum absolute atomic E-state index is 0.0652. The van der Waals surface area contributed by atoms with E-state index >= 15 is 0 Å². The number of hydrogen-bond acceptors (Lipinski definition) is 3. The molecule has 0 saturated heterocycles. The maximum atomic E-state index is 12.8. The van der Waals surface area contributed by atoms with E-state index in [-0.39, 0.29) is 17.4 Å². The minimum Gasteiger partial charge on any atom is -0.361 e. The first kappa shape index (κ1) is 23.8. The molecule has 0 saturated carbocycles. The molecule has 0 aliphatic carbocycles. The summed E-state index contributed by atoms with van der Waals surface area (Å²) in [6.45, 7) is 2.79. The predicted octanol–water partition coefficient (Wildman–Crippen LogP) is 5.57. The van der Waals surface area contributed by atoms with Crippen molar-refractivity contribution in [1.82, 2.24) is 19.9 Å². The molecule has 1 unspecified atom stereocenters. The van der Waals surface area contributed by atoms with Crippen molar-refractivity contribution in [1.29, 1.82) is 0 Å². The minimum atomic E-state index is -0.102. The number of halogens is 1. The van der Waals surface area contributed by atoms with Crippen LogP contribution in [-0.2, 0) is 11.3 Å². The van der Waals surface area contributed by atoms with Gasteiger partial charge in [0, 0.05) is 47.6 Å². The lowest BCUT2D eigenvalue weighted by Crippen LogP contribution is -2.29. The molecule has 1 atom stereocenters. The molecule has 5 aromatic rings.